The lowest BCUT2D eigenvalue weighted by Crippen LogP contribution is -2.16. The highest BCUT2D eigenvalue weighted by Gasteiger charge is 2.07. The van der Waals surface area contributed by atoms with E-state index in [0.717, 1.165) is 0 Å². The number of aliphatic hydroxyl groups excluding tert-OH is 2. The fourth-order valence-electron chi connectivity index (χ4n) is 1.04. The van der Waals surface area contributed by atoms with E-state index in [-0.39, 0.29) is 19.6 Å². The second-order valence-electron chi connectivity index (χ2n) is 3.13. The number of carbonyl (C=O) groups is 1. The lowest BCUT2D eigenvalue weighted by molar-refractivity contribution is 0.0347. The van der Waals surface area contributed by atoms with Gasteiger partial charge >= 0.3 is 5.97 Å². The number of hydrogen-bond acceptors (Lipinski definition) is 4. The topological polar surface area (TPSA) is 66.8 Å². The number of ether oxygens (including phenoxy) is 1. The van der Waals surface area contributed by atoms with Gasteiger partial charge in [-0.05, 0) is 12.1 Å². The zero-order valence-electron chi connectivity index (χ0n) is 8.30. The van der Waals surface area contributed by atoms with Crippen LogP contribution in [0.2, 0.25) is 0 Å². The van der Waals surface area contributed by atoms with Crippen molar-refractivity contribution in [2.75, 3.05) is 13.2 Å². The minimum atomic E-state index is -0.825. The van der Waals surface area contributed by atoms with Crippen molar-refractivity contribution in [2.45, 2.75) is 12.5 Å². The molecule has 1 rings (SSSR count). The van der Waals surface area contributed by atoms with Gasteiger partial charge in [0.05, 0.1) is 24.9 Å². The fourth-order valence-corrected chi connectivity index (χ4v) is 1.04. The van der Waals surface area contributed by atoms with Crippen molar-refractivity contribution >= 4 is 5.97 Å². The number of carbonyl (C=O) groups excluding carboxylic acids is 1. The normalized spacial score (nSPS) is 12.1. The standard InChI is InChI=1S/C11H14O4/c12-8-10(13)6-7-15-11(14)9-4-2-1-3-5-9/h1-5,10,12-13H,6-8H2. The molecule has 2 N–H and O–H groups in total. The minimum absolute atomic E-state index is 0.107. The van der Waals surface area contributed by atoms with Crippen LogP contribution in [0, 0.1) is 0 Å². The molecule has 1 aromatic carbocycles. The monoisotopic (exact) mass is 210 g/mol. The Morgan fingerprint density at radius 2 is 2.00 bits per heavy atom. The number of hydrogen-bond donors (Lipinski definition) is 2. The van der Waals surface area contributed by atoms with Crippen molar-refractivity contribution in [2.24, 2.45) is 0 Å². The number of rotatable bonds is 5. The predicted octanol–water partition coefficient (Wildman–Crippen LogP) is 0.587. The first kappa shape index (κ1) is 11.7. The summed E-state index contributed by atoms with van der Waals surface area (Å²) in [6, 6.07) is 8.63. The van der Waals surface area contributed by atoms with Gasteiger partial charge in [0.15, 0.2) is 0 Å². The van der Waals surface area contributed by atoms with Gasteiger partial charge in [0.25, 0.3) is 0 Å². The average molecular weight is 210 g/mol. The minimum Gasteiger partial charge on any atom is -0.462 e. The van der Waals surface area contributed by atoms with E-state index in [9.17, 15) is 4.79 Å². The number of benzene rings is 1. The Labute approximate surface area is 88.1 Å². The molecule has 0 saturated carbocycles. The van der Waals surface area contributed by atoms with E-state index >= 15 is 0 Å². The summed E-state index contributed by atoms with van der Waals surface area (Å²) >= 11 is 0. The molecule has 15 heavy (non-hydrogen) atoms. The molecule has 0 saturated heterocycles. The molecule has 0 aliphatic heterocycles. The van der Waals surface area contributed by atoms with E-state index in [0.29, 0.717) is 5.56 Å². The van der Waals surface area contributed by atoms with E-state index in [2.05, 4.69) is 0 Å². The largest absolute Gasteiger partial charge is 0.462 e. The Morgan fingerprint density at radius 1 is 1.33 bits per heavy atom. The molecule has 0 aliphatic rings. The molecule has 4 nitrogen and oxygen atoms in total. The van der Waals surface area contributed by atoms with Crippen LogP contribution in [0.3, 0.4) is 0 Å². The van der Waals surface area contributed by atoms with Crippen LogP contribution in [0.5, 0.6) is 0 Å². The van der Waals surface area contributed by atoms with Gasteiger partial charge < -0.3 is 14.9 Å². The molecule has 0 aliphatic carbocycles. The van der Waals surface area contributed by atoms with Gasteiger partial charge in [0.2, 0.25) is 0 Å². The maximum Gasteiger partial charge on any atom is 0.338 e. The average Bonchev–Trinajstić information content (AvgIpc) is 2.29. The Hall–Kier alpha value is -1.39. The van der Waals surface area contributed by atoms with Gasteiger partial charge in [0.1, 0.15) is 0 Å². The van der Waals surface area contributed by atoms with Crippen LogP contribution in [-0.4, -0.2) is 35.5 Å². The summed E-state index contributed by atoms with van der Waals surface area (Å²) in [5, 5.41) is 17.5. The molecular weight excluding hydrogens is 196 g/mol. The molecule has 82 valence electrons. The Kier molecular flexibility index (Phi) is 4.80. The second kappa shape index (κ2) is 6.16. The molecule has 0 bridgehead atoms. The second-order valence-corrected chi connectivity index (χ2v) is 3.13. The lowest BCUT2D eigenvalue weighted by atomic mass is 10.2. The molecule has 0 radical (unpaired) electrons. The van der Waals surface area contributed by atoms with Crippen LogP contribution in [0.15, 0.2) is 30.3 Å². The molecule has 0 spiro atoms. The Bertz CT molecular complexity index is 297. The molecule has 0 aromatic heterocycles. The first-order valence-electron chi connectivity index (χ1n) is 4.75. The van der Waals surface area contributed by atoms with Gasteiger partial charge in [-0.3, -0.25) is 0 Å². The lowest BCUT2D eigenvalue weighted by Gasteiger charge is -2.07. The van der Waals surface area contributed by atoms with E-state index in [1.807, 2.05) is 6.07 Å². The Morgan fingerprint density at radius 3 is 2.60 bits per heavy atom. The third-order valence-corrected chi connectivity index (χ3v) is 1.90. The van der Waals surface area contributed by atoms with E-state index in [4.69, 9.17) is 14.9 Å². The van der Waals surface area contributed by atoms with Crippen LogP contribution in [0.25, 0.3) is 0 Å². The highest BCUT2D eigenvalue weighted by Crippen LogP contribution is 2.02. The number of esters is 1. The van der Waals surface area contributed by atoms with Gasteiger partial charge in [-0.15, -0.1) is 0 Å². The van der Waals surface area contributed by atoms with Crippen molar-refractivity contribution < 1.29 is 19.7 Å². The molecule has 4 heteroatoms. The molecular formula is C11H14O4. The van der Waals surface area contributed by atoms with Crippen molar-refractivity contribution in [3.8, 4) is 0 Å². The zero-order chi connectivity index (χ0) is 11.1. The quantitative estimate of drug-likeness (QED) is 0.698. The van der Waals surface area contributed by atoms with Crippen LogP contribution < -0.4 is 0 Å². The smallest absolute Gasteiger partial charge is 0.338 e. The fraction of sp³-hybridized carbons (Fsp3) is 0.364. The third kappa shape index (κ3) is 4.10. The SMILES string of the molecule is O=C(OCCC(O)CO)c1ccccc1. The summed E-state index contributed by atoms with van der Waals surface area (Å²) in [5.41, 5.74) is 0.482. The maximum atomic E-state index is 11.3. The van der Waals surface area contributed by atoms with E-state index < -0.39 is 12.1 Å². The van der Waals surface area contributed by atoms with Crippen molar-refractivity contribution in [1.29, 1.82) is 0 Å². The highest BCUT2D eigenvalue weighted by molar-refractivity contribution is 5.89. The Balaban J connectivity index is 2.31. The van der Waals surface area contributed by atoms with Gasteiger partial charge in [0, 0.05) is 6.42 Å². The predicted molar refractivity (Wildman–Crippen MR) is 54.4 cm³/mol. The molecule has 1 aromatic rings. The van der Waals surface area contributed by atoms with Gasteiger partial charge in [-0.2, -0.15) is 0 Å². The molecule has 1 atom stereocenters. The summed E-state index contributed by atoms with van der Waals surface area (Å²) in [7, 11) is 0. The summed E-state index contributed by atoms with van der Waals surface area (Å²) in [6.07, 6.45) is -0.580. The van der Waals surface area contributed by atoms with E-state index in [1.165, 1.54) is 0 Å². The zero-order valence-corrected chi connectivity index (χ0v) is 8.30. The molecule has 0 heterocycles. The molecule has 0 fully saturated rings. The van der Waals surface area contributed by atoms with Gasteiger partial charge in [-0.1, -0.05) is 18.2 Å². The number of aliphatic hydroxyl groups is 2. The van der Waals surface area contributed by atoms with Crippen LogP contribution in [0.1, 0.15) is 16.8 Å². The van der Waals surface area contributed by atoms with E-state index in [1.54, 1.807) is 24.3 Å². The van der Waals surface area contributed by atoms with Crippen molar-refractivity contribution in [1.82, 2.24) is 0 Å². The van der Waals surface area contributed by atoms with Crippen LogP contribution in [-0.2, 0) is 4.74 Å². The summed E-state index contributed by atoms with van der Waals surface area (Å²) in [4.78, 5) is 11.3. The summed E-state index contributed by atoms with van der Waals surface area (Å²) in [6.45, 7) is -0.210. The molecule has 0 amide bonds. The highest BCUT2D eigenvalue weighted by atomic mass is 16.5. The van der Waals surface area contributed by atoms with Gasteiger partial charge in [-0.25, -0.2) is 4.79 Å². The summed E-state index contributed by atoms with van der Waals surface area (Å²) < 4.78 is 4.89. The molecule has 1 unspecified atom stereocenters. The first-order chi connectivity index (χ1) is 7.24. The third-order valence-electron chi connectivity index (χ3n) is 1.90. The summed E-state index contributed by atoms with van der Waals surface area (Å²) in [5.74, 6) is -0.416. The van der Waals surface area contributed by atoms with Crippen LogP contribution >= 0.6 is 0 Å². The first-order valence-corrected chi connectivity index (χ1v) is 4.75. The maximum absolute atomic E-state index is 11.3. The van der Waals surface area contributed by atoms with Crippen molar-refractivity contribution in [3.63, 3.8) is 0 Å². The van der Waals surface area contributed by atoms with Crippen molar-refractivity contribution in [3.05, 3.63) is 35.9 Å². The van der Waals surface area contributed by atoms with Crippen LogP contribution in [0.4, 0.5) is 0 Å².